The van der Waals surface area contributed by atoms with Gasteiger partial charge in [0.25, 0.3) is 5.91 Å². The number of hydrogen-bond acceptors (Lipinski definition) is 5. The molecule has 1 aromatic carbocycles. The summed E-state index contributed by atoms with van der Waals surface area (Å²) < 4.78 is 36.0. The topological polar surface area (TPSA) is 72.9 Å². The number of carbonyl (C=O) groups excluding carboxylic acids is 1. The minimum Gasteiger partial charge on any atom is -0.496 e. The molecule has 1 amide bonds. The zero-order chi connectivity index (χ0) is 18.0. The van der Waals surface area contributed by atoms with Crippen LogP contribution < -0.4 is 9.47 Å². The van der Waals surface area contributed by atoms with Crippen LogP contribution in [0.4, 0.5) is 0 Å². The van der Waals surface area contributed by atoms with Crippen molar-refractivity contribution in [3.63, 3.8) is 0 Å². The lowest BCUT2D eigenvalue weighted by Gasteiger charge is -2.41. The minimum atomic E-state index is -3.16. The number of benzene rings is 1. The van der Waals surface area contributed by atoms with Crippen molar-refractivity contribution in [3.05, 3.63) is 23.8 Å². The fraction of sp³-hybridized carbons (Fsp3) is 0.611. The van der Waals surface area contributed by atoms with Gasteiger partial charge in [0.1, 0.15) is 17.1 Å². The van der Waals surface area contributed by atoms with Gasteiger partial charge in [-0.15, -0.1) is 0 Å². The zero-order valence-corrected chi connectivity index (χ0v) is 15.5. The maximum absolute atomic E-state index is 12.8. The van der Waals surface area contributed by atoms with Gasteiger partial charge in [-0.3, -0.25) is 4.79 Å². The Morgan fingerprint density at radius 3 is 2.08 bits per heavy atom. The zero-order valence-electron chi connectivity index (χ0n) is 14.7. The third kappa shape index (κ3) is 3.34. The van der Waals surface area contributed by atoms with Gasteiger partial charge in [-0.2, -0.15) is 0 Å². The molecule has 0 unspecified atom stereocenters. The Morgan fingerprint density at radius 2 is 1.56 bits per heavy atom. The van der Waals surface area contributed by atoms with Gasteiger partial charge in [0, 0.05) is 13.1 Å². The molecule has 2 fully saturated rings. The number of hydrogen-bond donors (Lipinski definition) is 0. The summed E-state index contributed by atoms with van der Waals surface area (Å²) in [6, 6.07) is 5.15. The number of amides is 1. The van der Waals surface area contributed by atoms with E-state index in [-0.39, 0.29) is 24.2 Å². The average molecular weight is 367 g/mol. The van der Waals surface area contributed by atoms with Gasteiger partial charge >= 0.3 is 0 Å². The van der Waals surface area contributed by atoms with E-state index in [1.807, 2.05) is 0 Å². The van der Waals surface area contributed by atoms with E-state index in [4.69, 9.17) is 9.47 Å². The summed E-state index contributed by atoms with van der Waals surface area (Å²) in [7, 11) is -0.166. The maximum Gasteiger partial charge on any atom is 0.261 e. The lowest BCUT2D eigenvalue weighted by Crippen LogP contribution is -2.58. The second-order valence-electron chi connectivity index (χ2n) is 6.72. The minimum absolute atomic E-state index is 0.232. The molecule has 1 aromatic rings. The summed E-state index contributed by atoms with van der Waals surface area (Å²) in [5.41, 5.74) is 0.348. The molecule has 1 saturated carbocycles. The van der Waals surface area contributed by atoms with Crippen LogP contribution >= 0.6 is 0 Å². The molecule has 0 radical (unpaired) electrons. The lowest BCUT2D eigenvalue weighted by molar-refractivity contribution is 0.0651. The highest BCUT2D eigenvalue weighted by atomic mass is 32.2. The third-order valence-electron chi connectivity index (χ3n) is 5.26. The van der Waals surface area contributed by atoms with E-state index < -0.39 is 15.1 Å². The SMILES string of the molecule is COc1cccc(OC)c1C(=O)N1CC(S(=O)(=O)C2CCCCC2)C1. The number of nitrogens with zero attached hydrogens (tertiary/aromatic N) is 1. The van der Waals surface area contributed by atoms with Gasteiger partial charge < -0.3 is 14.4 Å². The van der Waals surface area contributed by atoms with Crippen LogP contribution in [-0.4, -0.2) is 57.0 Å². The van der Waals surface area contributed by atoms with Crippen molar-refractivity contribution in [2.24, 2.45) is 0 Å². The molecule has 25 heavy (non-hydrogen) atoms. The molecule has 3 rings (SSSR count). The Kier molecular flexibility index (Phi) is 5.22. The van der Waals surface area contributed by atoms with Crippen LogP contribution in [0.2, 0.25) is 0 Å². The predicted molar refractivity (Wildman–Crippen MR) is 95.0 cm³/mol. The summed E-state index contributed by atoms with van der Waals surface area (Å²) in [6.45, 7) is 0.498. The number of ether oxygens (including phenoxy) is 2. The van der Waals surface area contributed by atoms with Crippen molar-refractivity contribution in [1.29, 1.82) is 0 Å². The van der Waals surface area contributed by atoms with E-state index in [1.54, 1.807) is 23.1 Å². The Labute approximate surface area is 149 Å². The van der Waals surface area contributed by atoms with Crippen LogP contribution in [-0.2, 0) is 9.84 Å². The highest BCUT2D eigenvalue weighted by Gasteiger charge is 2.44. The van der Waals surface area contributed by atoms with Gasteiger partial charge in [-0.25, -0.2) is 8.42 Å². The first-order chi connectivity index (χ1) is 12.0. The third-order valence-corrected chi connectivity index (χ3v) is 7.89. The van der Waals surface area contributed by atoms with Gasteiger partial charge in [-0.1, -0.05) is 25.3 Å². The van der Waals surface area contributed by atoms with Crippen LogP contribution in [0.1, 0.15) is 42.5 Å². The molecule has 2 aliphatic rings. The molecule has 0 spiro atoms. The first-order valence-electron chi connectivity index (χ1n) is 8.72. The Morgan fingerprint density at radius 1 is 1.00 bits per heavy atom. The number of likely N-dealkylation sites (tertiary alicyclic amines) is 1. The van der Waals surface area contributed by atoms with Crippen molar-refractivity contribution in [2.45, 2.75) is 42.6 Å². The van der Waals surface area contributed by atoms with Gasteiger partial charge in [-0.05, 0) is 25.0 Å². The molecule has 1 heterocycles. The van der Waals surface area contributed by atoms with E-state index in [9.17, 15) is 13.2 Å². The van der Waals surface area contributed by atoms with Crippen LogP contribution in [0.3, 0.4) is 0 Å². The van der Waals surface area contributed by atoms with Crippen LogP contribution in [0, 0.1) is 0 Å². The van der Waals surface area contributed by atoms with Crippen molar-refractivity contribution in [2.75, 3.05) is 27.3 Å². The molecule has 0 N–H and O–H groups in total. The van der Waals surface area contributed by atoms with Crippen LogP contribution in [0.5, 0.6) is 11.5 Å². The number of methoxy groups -OCH3 is 2. The predicted octanol–water partition coefficient (Wildman–Crippen LogP) is 2.28. The average Bonchev–Trinajstić information content (AvgIpc) is 2.60. The van der Waals surface area contributed by atoms with Crippen LogP contribution in [0.25, 0.3) is 0 Å². The van der Waals surface area contributed by atoms with Crippen LogP contribution in [0.15, 0.2) is 18.2 Å². The van der Waals surface area contributed by atoms with Crippen molar-refractivity contribution >= 4 is 15.7 Å². The molecule has 6 nitrogen and oxygen atoms in total. The van der Waals surface area contributed by atoms with E-state index in [2.05, 4.69) is 0 Å². The first kappa shape index (κ1) is 18.0. The lowest BCUT2D eigenvalue weighted by atomic mass is 10.0. The number of sulfone groups is 1. The maximum atomic E-state index is 12.8. The summed E-state index contributed by atoms with van der Waals surface area (Å²) in [5.74, 6) is 0.621. The highest BCUT2D eigenvalue weighted by molar-refractivity contribution is 7.92. The van der Waals surface area contributed by atoms with Gasteiger partial charge in [0.15, 0.2) is 9.84 Å². The Bertz CT molecular complexity index is 712. The molecule has 0 bridgehead atoms. The van der Waals surface area contributed by atoms with E-state index in [0.29, 0.717) is 17.1 Å². The molecule has 1 aliphatic carbocycles. The van der Waals surface area contributed by atoms with E-state index >= 15 is 0 Å². The van der Waals surface area contributed by atoms with Gasteiger partial charge in [0.05, 0.1) is 24.7 Å². The molecular formula is C18H25NO5S. The molecule has 138 valence electrons. The second kappa shape index (κ2) is 7.23. The summed E-state index contributed by atoms with van der Waals surface area (Å²) >= 11 is 0. The summed E-state index contributed by atoms with van der Waals surface area (Å²) in [4.78, 5) is 14.4. The Balaban J connectivity index is 1.71. The van der Waals surface area contributed by atoms with Crippen molar-refractivity contribution in [1.82, 2.24) is 4.90 Å². The summed E-state index contributed by atoms with van der Waals surface area (Å²) in [6.07, 6.45) is 4.60. The van der Waals surface area contributed by atoms with Crippen molar-refractivity contribution in [3.8, 4) is 11.5 Å². The fourth-order valence-electron chi connectivity index (χ4n) is 3.70. The molecule has 0 atom stereocenters. The fourth-order valence-corrected chi connectivity index (χ4v) is 6.01. The largest absolute Gasteiger partial charge is 0.496 e. The van der Waals surface area contributed by atoms with E-state index in [1.165, 1.54) is 14.2 Å². The first-order valence-corrected chi connectivity index (χ1v) is 10.3. The molecule has 0 aromatic heterocycles. The smallest absolute Gasteiger partial charge is 0.261 e. The number of rotatable bonds is 5. The molecule has 1 saturated heterocycles. The highest BCUT2D eigenvalue weighted by Crippen LogP contribution is 2.34. The Hall–Kier alpha value is -1.76. The summed E-state index contributed by atoms with van der Waals surface area (Å²) in [5, 5.41) is -0.676. The quantitative estimate of drug-likeness (QED) is 0.798. The normalized spacial score (nSPS) is 19.4. The monoisotopic (exact) mass is 367 g/mol. The van der Waals surface area contributed by atoms with E-state index in [0.717, 1.165) is 32.1 Å². The molecule has 7 heteroatoms. The van der Waals surface area contributed by atoms with Crippen molar-refractivity contribution < 1.29 is 22.7 Å². The van der Waals surface area contributed by atoms with Gasteiger partial charge in [0.2, 0.25) is 0 Å². The second-order valence-corrected chi connectivity index (χ2v) is 9.23. The standard InChI is InChI=1S/C18H25NO5S/c1-23-15-9-6-10-16(24-2)17(15)18(20)19-11-14(12-19)25(21,22)13-7-4-3-5-8-13/h6,9-10,13-14H,3-5,7-8,11-12H2,1-2H3. The molecule has 1 aliphatic heterocycles. The molecular weight excluding hydrogens is 342 g/mol. The number of carbonyl (C=O) groups is 1.